The van der Waals surface area contributed by atoms with Crippen LogP contribution in [0.25, 0.3) is 0 Å². The number of carboxylic acids is 1. The fourth-order valence-electron chi connectivity index (χ4n) is 2.51. The van der Waals surface area contributed by atoms with Gasteiger partial charge in [0.2, 0.25) is 12.2 Å². The molecule has 29 heavy (non-hydrogen) atoms. The zero-order valence-electron chi connectivity index (χ0n) is 16.8. The Morgan fingerprint density at radius 2 is 1.52 bits per heavy atom. The summed E-state index contributed by atoms with van der Waals surface area (Å²) in [5.41, 5.74) is 1.34. The lowest BCUT2D eigenvalue weighted by Crippen LogP contribution is -2.51. The van der Waals surface area contributed by atoms with Gasteiger partial charge in [-0.3, -0.25) is 14.4 Å². The predicted octanol–water partition coefficient (Wildman–Crippen LogP) is 1.55. The predicted molar refractivity (Wildman–Crippen MR) is 102 cm³/mol. The van der Waals surface area contributed by atoms with E-state index in [4.69, 9.17) is 14.2 Å². The second-order valence-electron chi connectivity index (χ2n) is 6.40. The van der Waals surface area contributed by atoms with Gasteiger partial charge in [0.25, 0.3) is 5.91 Å². The first-order valence-electron chi connectivity index (χ1n) is 8.68. The van der Waals surface area contributed by atoms with Gasteiger partial charge < -0.3 is 24.2 Å². The Hall–Kier alpha value is -3.36. The molecule has 9 heteroatoms. The molecular weight excluding hydrogens is 382 g/mol. The molecule has 0 aliphatic heterocycles. The molecule has 158 valence electrons. The summed E-state index contributed by atoms with van der Waals surface area (Å²) in [7, 11) is 1.52. The monoisotopic (exact) mass is 407 g/mol. The van der Waals surface area contributed by atoms with E-state index < -0.39 is 36.0 Å². The second-order valence-corrected chi connectivity index (χ2v) is 6.40. The number of esters is 2. The number of aliphatic carboxylic acids is 1. The molecule has 1 aromatic carbocycles. The minimum Gasteiger partial charge on any atom is -0.497 e. The molecule has 0 spiro atoms. The van der Waals surface area contributed by atoms with Crippen molar-refractivity contribution < 1.29 is 38.5 Å². The zero-order valence-corrected chi connectivity index (χ0v) is 16.8. The highest BCUT2D eigenvalue weighted by Gasteiger charge is 2.41. The lowest BCUT2D eigenvalue weighted by atomic mass is 10.1. The first kappa shape index (κ1) is 23.7. The van der Waals surface area contributed by atoms with Crippen molar-refractivity contribution >= 4 is 23.8 Å². The molecule has 0 saturated carbocycles. The number of nitrogens with zero attached hydrogens (tertiary/aromatic N) is 1. The maximum Gasteiger partial charge on any atom is 0.349 e. The molecule has 2 atom stereocenters. The van der Waals surface area contributed by atoms with Crippen LogP contribution in [0.3, 0.4) is 0 Å². The Bertz CT molecular complexity index is 771. The average Bonchev–Trinajstić information content (AvgIpc) is 2.63. The van der Waals surface area contributed by atoms with Crippen molar-refractivity contribution in [3.8, 4) is 5.75 Å². The van der Waals surface area contributed by atoms with Crippen molar-refractivity contribution in [2.24, 2.45) is 0 Å². The largest absolute Gasteiger partial charge is 0.497 e. The van der Waals surface area contributed by atoms with Crippen molar-refractivity contribution in [3.63, 3.8) is 0 Å². The molecule has 2 unspecified atom stereocenters. The zero-order chi connectivity index (χ0) is 22.1. The van der Waals surface area contributed by atoms with E-state index in [9.17, 15) is 24.3 Å². The van der Waals surface area contributed by atoms with Crippen molar-refractivity contribution in [1.82, 2.24) is 4.90 Å². The summed E-state index contributed by atoms with van der Waals surface area (Å²) in [6, 6.07) is 6.89. The number of rotatable bonds is 10. The Labute approximate surface area is 168 Å². The van der Waals surface area contributed by atoms with Gasteiger partial charge in [-0.1, -0.05) is 24.3 Å². The topological polar surface area (TPSA) is 119 Å². The van der Waals surface area contributed by atoms with E-state index in [-0.39, 0.29) is 13.1 Å². The summed E-state index contributed by atoms with van der Waals surface area (Å²) in [5.74, 6) is -3.62. The number of ether oxygens (including phenoxy) is 3. The number of methoxy groups -OCH3 is 1. The van der Waals surface area contributed by atoms with Crippen LogP contribution in [0.15, 0.2) is 36.4 Å². The molecule has 1 rings (SSSR count). The van der Waals surface area contributed by atoms with Gasteiger partial charge in [-0.15, -0.1) is 0 Å². The quantitative estimate of drug-likeness (QED) is 0.458. The van der Waals surface area contributed by atoms with Crippen LogP contribution in [0, 0.1) is 0 Å². The van der Waals surface area contributed by atoms with Crippen molar-refractivity contribution in [2.75, 3.05) is 13.7 Å². The third-order valence-corrected chi connectivity index (χ3v) is 3.65. The fraction of sp³-hybridized carbons (Fsp3) is 0.400. The van der Waals surface area contributed by atoms with Crippen LogP contribution in [0.5, 0.6) is 5.75 Å². The first-order chi connectivity index (χ1) is 13.5. The smallest absolute Gasteiger partial charge is 0.349 e. The van der Waals surface area contributed by atoms with Gasteiger partial charge in [0.15, 0.2) is 0 Å². The molecule has 0 aliphatic carbocycles. The van der Waals surface area contributed by atoms with Crippen LogP contribution in [0.1, 0.15) is 26.3 Å². The summed E-state index contributed by atoms with van der Waals surface area (Å²) in [6.45, 7) is 7.65. The molecule has 0 aromatic heterocycles. The number of amides is 1. The molecule has 1 N–H and O–H groups in total. The number of carbonyl (C=O) groups excluding carboxylic acids is 3. The summed E-state index contributed by atoms with van der Waals surface area (Å²) >= 11 is 0. The van der Waals surface area contributed by atoms with E-state index >= 15 is 0 Å². The summed E-state index contributed by atoms with van der Waals surface area (Å²) < 4.78 is 14.8. The van der Waals surface area contributed by atoms with Gasteiger partial charge in [-0.2, -0.15) is 0 Å². The number of hydrogen-bond acceptors (Lipinski definition) is 7. The van der Waals surface area contributed by atoms with Gasteiger partial charge >= 0.3 is 17.9 Å². The fourth-order valence-corrected chi connectivity index (χ4v) is 2.51. The number of carboxylic acid groups (broad SMARTS) is 1. The van der Waals surface area contributed by atoms with Crippen LogP contribution < -0.4 is 4.74 Å². The molecule has 0 bridgehead atoms. The molecule has 1 aromatic rings. The highest BCUT2D eigenvalue weighted by atomic mass is 16.6. The molecule has 1 amide bonds. The van der Waals surface area contributed by atoms with Crippen LogP contribution >= 0.6 is 0 Å². The molecule has 0 fully saturated rings. The maximum absolute atomic E-state index is 13.1. The SMILES string of the molecule is C=C(C)CN(Cc1ccc(OC)cc1)C(=O)C(OC(C)=O)C(OC(C)=O)C(=O)O. The molecule has 0 radical (unpaired) electrons. The molecule has 0 aliphatic rings. The number of carbonyl (C=O) groups is 4. The van der Waals surface area contributed by atoms with E-state index in [1.165, 1.54) is 12.0 Å². The van der Waals surface area contributed by atoms with Gasteiger partial charge in [0.05, 0.1) is 7.11 Å². The minimum absolute atomic E-state index is 0.0784. The molecular formula is C20H25NO8. The van der Waals surface area contributed by atoms with Gasteiger partial charge in [0.1, 0.15) is 5.75 Å². The lowest BCUT2D eigenvalue weighted by Gasteiger charge is -2.29. The highest BCUT2D eigenvalue weighted by molar-refractivity contribution is 5.91. The average molecular weight is 407 g/mol. The van der Waals surface area contributed by atoms with Gasteiger partial charge in [0, 0.05) is 26.9 Å². The molecule has 9 nitrogen and oxygen atoms in total. The van der Waals surface area contributed by atoms with E-state index in [1.54, 1.807) is 31.2 Å². The van der Waals surface area contributed by atoms with Crippen LogP contribution in [-0.2, 0) is 35.2 Å². The highest BCUT2D eigenvalue weighted by Crippen LogP contribution is 2.17. The van der Waals surface area contributed by atoms with Crippen LogP contribution in [-0.4, -0.2) is 59.7 Å². The standard InChI is InChI=1S/C20H25NO8/c1-12(2)10-21(11-15-6-8-16(27-5)9-7-15)19(24)17(28-13(3)22)18(20(25)26)29-14(4)23/h6-9,17-18H,1,10-11H2,2-5H3,(H,25,26). The Morgan fingerprint density at radius 3 is 1.93 bits per heavy atom. The summed E-state index contributed by atoms with van der Waals surface area (Å²) in [6.07, 6.45) is -3.82. The Morgan fingerprint density at radius 1 is 1.00 bits per heavy atom. The second kappa shape index (κ2) is 10.8. The van der Waals surface area contributed by atoms with E-state index in [0.717, 1.165) is 19.4 Å². The number of hydrogen-bond donors (Lipinski definition) is 1. The Kier molecular flexibility index (Phi) is 8.85. The summed E-state index contributed by atoms with van der Waals surface area (Å²) in [5, 5.41) is 9.39. The van der Waals surface area contributed by atoms with E-state index in [2.05, 4.69) is 6.58 Å². The van der Waals surface area contributed by atoms with Gasteiger partial charge in [-0.25, -0.2) is 4.79 Å². The van der Waals surface area contributed by atoms with Crippen LogP contribution in [0.2, 0.25) is 0 Å². The van der Waals surface area contributed by atoms with E-state index in [0.29, 0.717) is 11.3 Å². The minimum atomic E-state index is -1.98. The molecule has 0 saturated heterocycles. The van der Waals surface area contributed by atoms with Crippen LogP contribution in [0.4, 0.5) is 0 Å². The van der Waals surface area contributed by atoms with Crippen molar-refractivity contribution in [1.29, 1.82) is 0 Å². The van der Waals surface area contributed by atoms with E-state index in [1.807, 2.05) is 0 Å². The Balaban J connectivity index is 3.23. The lowest BCUT2D eigenvalue weighted by molar-refractivity contribution is -0.183. The third kappa shape index (κ3) is 7.65. The summed E-state index contributed by atoms with van der Waals surface area (Å²) in [4.78, 5) is 48.7. The number of benzene rings is 1. The normalized spacial score (nSPS) is 12.3. The first-order valence-corrected chi connectivity index (χ1v) is 8.68. The van der Waals surface area contributed by atoms with Gasteiger partial charge in [-0.05, 0) is 24.6 Å². The maximum atomic E-state index is 13.1. The molecule has 0 heterocycles. The van der Waals surface area contributed by atoms with Crippen molar-refractivity contribution in [2.45, 2.75) is 39.5 Å². The third-order valence-electron chi connectivity index (χ3n) is 3.65. The van der Waals surface area contributed by atoms with Crippen molar-refractivity contribution in [3.05, 3.63) is 42.0 Å².